The van der Waals surface area contributed by atoms with E-state index in [-0.39, 0.29) is 34.2 Å². The van der Waals surface area contributed by atoms with Crippen LogP contribution < -0.4 is 14.8 Å². The zero-order valence-electron chi connectivity index (χ0n) is 28.1. The van der Waals surface area contributed by atoms with Crippen LogP contribution in [0.2, 0.25) is 0 Å². The lowest BCUT2D eigenvalue weighted by Crippen LogP contribution is -2.83. The Hall–Kier alpha value is -2.36. The fraction of sp³-hybridized carbons (Fsp3) is 0.778. The molecule has 2 unspecified atom stereocenters. The highest BCUT2D eigenvalue weighted by molar-refractivity contribution is 5.81. The summed E-state index contributed by atoms with van der Waals surface area (Å²) in [7, 11) is 1.78. The molecule has 3 N–H and O–H groups in total. The Kier molecular flexibility index (Phi) is 6.99. The lowest BCUT2D eigenvalue weighted by molar-refractivity contribution is -0.312. The summed E-state index contributed by atoms with van der Waals surface area (Å²) in [5.41, 5.74) is -0.164. The lowest BCUT2D eigenvalue weighted by atomic mass is 9.33. The number of amides is 1. The number of rotatable bonds is 9. The molecule has 45 heavy (non-hydrogen) atoms. The molecule has 4 saturated carbocycles. The number of carbonyl (C=O) groups excluding carboxylic acids is 1. The highest BCUT2D eigenvalue weighted by Crippen LogP contribution is 2.78. The second-order valence-corrected chi connectivity index (χ2v) is 16.5. The van der Waals surface area contributed by atoms with Crippen LogP contribution in [0.5, 0.6) is 11.5 Å². The molecular weight excluding hydrogens is 572 g/mol. The van der Waals surface area contributed by atoms with E-state index in [0.717, 1.165) is 56.7 Å². The third-order valence-corrected chi connectivity index (χ3v) is 13.8. The van der Waals surface area contributed by atoms with Crippen molar-refractivity contribution >= 4 is 12.1 Å². The van der Waals surface area contributed by atoms with Crippen molar-refractivity contribution in [1.82, 2.24) is 10.2 Å². The number of benzene rings is 1. The Morgan fingerprint density at radius 1 is 1.18 bits per heavy atom. The monoisotopic (exact) mass is 624 g/mol. The largest absolute Gasteiger partial charge is 0.482 e. The second kappa shape index (κ2) is 10.1. The number of nitrogens with zero attached hydrogens (tertiary/aromatic N) is 1. The van der Waals surface area contributed by atoms with Gasteiger partial charge in [0.15, 0.2) is 11.5 Å². The van der Waals surface area contributed by atoms with E-state index in [9.17, 15) is 19.8 Å². The Labute approximate surface area is 267 Å². The predicted molar refractivity (Wildman–Crippen MR) is 169 cm³/mol. The smallest absolute Gasteiger partial charge is 0.413 e. The number of aliphatic carboxylic acids is 1. The van der Waals surface area contributed by atoms with Crippen molar-refractivity contribution in [3.63, 3.8) is 0 Å². The molecule has 1 saturated heterocycles. The first kappa shape index (κ1) is 31.3. The standard InChI is InChI=1S/C36H52N2O7/c1-8-20(2)27(29(39)40)37-31(41)44-23-12-11-22-17-25-34-13-14-36(43-7,24(18-34)33(6,42)32(3,4)5)30-35(34,26(22)28(23)45-30)15-16-38(25)19-21-9-10-21/h11-12,20-21,24-25,27,30,42H,8-10,13-19H2,1-7H3,(H,37,41)(H,39,40)/t20?,24-,25-,27-,30?,33-,34-,35+,36+/m1/s1. The molecule has 1 amide bonds. The number of methoxy groups -OCH3 is 1. The summed E-state index contributed by atoms with van der Waals surface area (Å²) >= 11 is 0. The summed E-state index contributed by atoms with van der Waals surface area (Å²) in [6, 6.07) is 3.21. The average molecular weight is 625 g/mol. The van der Waals surface area contributed by atoms with E-state index < -0.39 is 29.3 Å². The molecule has 5 fully saturated rings. The fourth-order valence-electron chi connectivity index (χ4n) is 10.6. The number of hydrogen-bond donors (Lipinski definition) is 3. The van der Waals surface area contributed by atoms with Crippen LogP contribution in [0.3, 0.4) is 0 Å². The summed E-state index contributed by atoms with van der Waals surface area (Å²) < 4.78 is 19.7. The minimum absolute atomic E-state index is 0.116. The molecule has 7 aliphatic rings. The molecule has 9 nitrogen and oxygen atoms in total. The van der Waals surface area contributed by atoms with Crippen molar-refractivity contribution in [3.05, 3.63) is 23.3 Å². The molecule has 4 bridgehead atoms. The average Bonchev–Trinajstić information content (AvgIpc) is 3.73. The minimum atomic E-state index is -1.08. The van der Waals surface area contributed by atoms with Gasteiger partial charge in [-0.2, -0.15) is 0 Å². The Bertz CT molecular complexity index is 1400. The number of likely N-dealkylation sites (tertiary alicyclic amines) is 1. The van der Waals surface area contributed by atoms with Gasteiger partial charge in [-0.25, -0.2) is 9.59 Å². The molecule has 2 spiro atoms. The maximum atomic E-state index is 13.2. The Morgan fingerprint density at radius 2 is 1.91 bits per heavy atom. The van der Waals surface area contributed by atoms with Gasteiger partial charge in [-0.1, -0.05) is 47.1 Å². The molecule has 2 aliphatic heterocycles. The number of nitrogens with one attached hydrogen (secondary N) is 1. The van der Waals surface area contributed by atoms with E-state index >= 15 is 0 Å². The first-order chi connectivity index (χ1) is 21.2. The Balaban J connectivity index is 1.35. The maximum Gasteiger partial charge on any atom is 0.413 e. The van der Waals surface area contributed by atoms with E-state index in [1.807, 2.05) is 19.9 Å². The van der Waals surface area contributed by atoms with Crippen LogP contribution >= 0.6 is 0 Å². The molecular formula is C36H52N2O7. The first-order valence-electron chi connectivity index (χ1n) is 17.2. The number of hydrogen-bond acceptors (Lipinski definition) is 7. The number of fused-ring (bicyclic) bond motifs is 2. The predicted octanol–water partition coefficient (Wildman–Crippen LogP) is 5.30. The van der Waals surface area contributed by atoms with Crippen LogP contribution in [0.4, 0.5) is 4.79 Å². The molecule has 0 radical (unpaired) electrons. The number of carboxylic acids is 1. The molecule has 5 aliphatic carbocycles. The SMILES string of the molecule is CCC(C)[C@@H](NC(=O)Oc1ccc2c3c1OC1[C@]34CCN(CC3CC3)[C@H](C2)[C@]42CC[C@]1(OC)[C@@H]([C@@](C)(O)C(C)(C)C)C2)C(=O)O. The second-order valence-electron chi connectivity index (χ2n) is 16.5. The van der Waals surface area contributed by atoms with Gasteiger partial charge in [0.2, 0.25) is 0 Å². The van der Waals surface area contributed by atoms with Crippen molar-refractivity contribution in [2.45, 2.75) is 128 Å². The third-order valence-electron chi connectivity index (χ3n) is 13.8. The molecule has 8 rings (SSSR count). The van der Waals surface area contributed by atoms with Crippen molar-refractivity contribution in [2.24, 2.45) is 28.6 Å². The first-order valence-corrected chi connectivity index (χ1v) is 17.2. The fourth-order valence-corrected chi connectivity index (χ4v) is 10.6. The summed E-state index contributed by atoms with van der Waals surface area (Å²) in [6.45, 7) is 14.2. The van der Waals surface area contributed by atoms with Crippen molar-refractivity contribution in [2.75, 3.05) is 20.2 Å². The van der Waals surface area contributed by atoms with Gasteiger partial charge in [0, 0.05) is 42.0 Å². The molecule has 9 atom stereocenters. The molecule has 248 valence electrons. The van der Waals surface area contributed by atoms with Gasteiger partial charge in [0.1, 0.15) is 17.7 Å². The third kappa shape index (κ3) is 4.08. The normalized spacial score (nSPS) is 37.2. The van der Waals surface area contributed by atoms with Crippen LogP contribution in [0.15, 0.2) is 12.1 Å². The summed E-state index contributed by atoms with van der Waals surface area (Å²) in [6.07, 6.45) is 6.59. The van der Waals surface area contributed by atoms with Gasteiger partial charge >= 0.3 is 12.1 Å². The molecule has 0 aromatic heterocycles. The number of ether oxygens (including phenoxy) is 3. The molecule has 2 heterocycles. The number of aliphatic hydroxyl groups is 1. The van der Waals surface area contributed by atoms with Gasteiger partial charge in [-0.15, -0.1) is 0 Å². The van der Waals surface area contributed by atoms with Gasteiger partial charge in [0.25, 0.3) is 0 Å². The summed E-state index contributed by atoms with van der Waals surface area (Å²) in [5.74, 6) is 0.206. The van der Waals surface area contributed by atoms with Crippen molar-refractivity contribution < 1.29 is 34.0 Å². The van der Waals surface area contributed by atoms with E-state index in [4.69, 9.17) is 14.2 Å². The minimum Gasteiger partial charge on any atom is -0.482 e. The topological polar surface area (TPSA) is 118 Å². The maximum absolute atomic E-state index is 13.2. The summed E-state index contributed by atoms with van der Waals surface area (Å²) in [4.78, 5) is 27.9. The number of carbonyl (C=O) groups is 2. The van der Waals surface area contributed by atoms with Crippen LogP contribution in [0, 0.1) is 28.6 Å². The lowest BCUT2D eigenvalue weighted by Gasteiger charge is -2.75. The highest BCUT2D eigenvalue weighted by Gasteiger charge is 2.82. The van der Waals surface area contributed by atoms with Crippen LogP contribution in [-0.2, 0) is 21.4 Å². The van der Waals surface area contributed by atoms with Gasteiger partial charge < -0.3 is 29.7 Å². The van der Waals surface area contributed by atoms with E-state index in [1.165, 1.54) is 18.4 Å². The van der Waals surface area contributed by atoms with Crippen LogP contribution in [0.25, 0.3) is 0 Å². The van der Waals surface area contributed by atoms with Crippen molar-refractivity contribution in [3.8, 4) is 11.5 Å². The van der Waals surface area contributed by atoms with Crippen LogP contribution in [-0.4, -0.2) is 76.8 Å². The zero-order valence-corrected chi connectivity index (χ0v) is 28.1. The van der Waals surface area contributed by atoms with Crippen LogP contribution in [0.1, 0.15) is 97.6 Å². The zero-order chi connectivity index (χ0) is 32.3. The molecule has 1 aromatic rings. The Morgan fingerprint density at radius 3 is 2.53 bits per heavy atom. The number of carboxylic acid groups (broad SMARTS) is 1. The van der Waals surface area contributed by atoms with Gasteiger partial charge in [-0.05, 0) is 87.3 Å². The van der Waals surface area contributed by atoms with Crippen molar-refractivity contribution in [1.29, 1.82) is 0 Å². The summed E-state index contributed by atoms with van der Waals surface area (Å²) in [5, 5.41) is 24.8. The van der Waals surface area contributed by atoms with Gasteiger partial charge in [-0.3, -0.25) is 4.90 Å². The van der Waals surface area contributed by atoms with E-state index in [0.29, 0.717) is 24.0 Å². The number of piperidine rings is 1. The molecule has 9 heteroatoms. The van der Waals surface area contributed by atoms with E-state index in [1.54, 1.807) is 14.0 Å². The quantitative estimate of drug-likeness (QED) is 0.339. The van der Waals surface area contributed by atoms with E-state index in [2.05, 4.69) is 37.1 Å². The molecule has 1 aromatic carbocycles. The highest BCUT2D eigenvalue weighted by atomic mass is 16.6. The van der Waals surface area contributed by atoms with Gasteiger partial charge in [0.05, 0.1) is 5.60 Å².